The molecule has 0 aliphatic carbocycles. The van der Waals surface area contributed by atoms with Gasteiger partial charge in [-0.05, 0) is 6.92 Å². The maximum Gasteiger partial charge on any atom is 0.307 e. The Bertz CT molecular complexity index is 188. The maximum atomic E-state index is 12.7. The minimum atomic E-state index is -1.58. The van der Waals surface area contributed by atoms with Crippen LogP contribution in [0, 0.1) is 0 Å². The van der Waals surface area contributed by atoms with Gasteiger partial charge in [-0.1, -0.05) is 0 Å². The van der Waals surface area contributed by atoms with E-state index in [1.165, 1.54) is 14.2 Å². The number of hydrogen-bond donors (Lipinski definition) is 1. The van der Waals surface area contributed by atoms with Gasteiger partial charge in [0.1, 0.15) is 6.67 Å². The molecule has 0 bridgehead atoms. The standard InChI is InChI=1S/C9H18FNO4/c1-4-15-8(12)5-7(11)9(6-10,13-2)14-3/h7H,4-6,11H2,1-3H3. The van der Waals surface area contributed by atoms with E-state index < -0.39 is 24.5 Å². The van der Waals surface area contributed by atoms with E-state index in [4.69, 9.17) is 15.2 Å². The summed E-state index contributed by atoms with van der Waals surface area (Å²) in [5.74, 6) is -2.08. The number of halogens is 1. The molecule has 0 aromatic carbocycles. The molecular weight excluding hydrogens is 205 g/mol. The van der Waals surface area contributed by atoms with E-state index in [1.807, 2.05) is 0 Å². The van der Waals surface area contributed by atoms with Crippen molar-refractivity contribution >= 4 is 5.97 Å². The molecule has 0 aliphatic rings. The fourth-order valence-corrected chi connectivity index (χ4v) is 1.15. The number of carbonyl (C=O) groups excluding carboxylic acids is 1. The van der Waals surface area contributed by atoms with Crippen molar-refractivity contribution in [2.45, 2.75) is 25.2 Å². The van der Waals surface area contributed by atoms with Crippen molar-refractivity contribution < 1.29 is 23.4 Å². The predicted molar refractivity (Wildman–Crippen MR) is 51.9 cm³/mol. The Labute approximate surface area is 88.7 Å². The molecule has 0 radical (unpaired) electrons. The SMILES string of the molecule is CCOC(=O)CC(N)C(CF)(OC)OC. The van der Waals surface area contributed by atoms with Gasteiger partial charge in [-0.25, -0.2) is 4.39 Å². The molecule has 15 heavy (non-hydrogen) atoms. The molecule has 1 unspecified atom stereocenters. The highest BCUT2D eigenvalue weighted by molar-refractivity contribution is 5.70. The van der Waals surface area contributed by atoms with Gasteiger partial charge < -0.3 is 19.9 Å². The highest BCUT2D eigenvalue weighted by Gasteiger charge is 2.38. The Kier molecular flexibility index (Phi) is 6.38. The van der Waals surface area contributed by atoms with Crippen LogP contribution in [0.3, 0.4) is 0 Å². The molecule has 2 N–H and O–H groups in total. The van der Waals surface area contributed by atoms with Crippen LogP contribution in [0.15, 0.2) is 0 Å². The molecule has 0 spiro atoms. The summed E-state index contributed by atoms with van der Waals surface area (Å²) in [6.07, 6.45) is -0.153. The Hall–Kier alpha value is -0.720. The fraction of sp³-hybridized carbons (Fsp3) is 0.889. The van der Waals surface area contributed by atoms with Crippen LogP contribution in [0.25, 0.3) is 0 Å². The summed E-state index contributed by atoms with van der Waals surface area (Å²) in [6.45, 7) is 1.01. The summed E-state index contributed by atoms with van der Waals surface area (Å²) < 4.78 is 27.1. The lowest BCUT2D eigenvalue weighted by Crippen LogP contribution is -2.53. The lowest BCUT2D eigenvalue weighted by Gasteiger charge is -2.32. The van der Waals surface area contributed by atoms with Gasteiger partial charge in [-0.3, -0.25) is 4.79 Å². The molecule has 0 fully saturated rings. The van der Waals surface area contributed by atoms with Gasteiger partial charge in [0.15, 0.2) is 0 Å². The van der Waals surface area contributed by atoms with Crippen LogP contribution in [0.4, 0.5) is 4.39 Å². The normalized spacial score (nSPS) is 13.7. The first-order chi connectivity index (χ1) is 7.06. The molecule has 0 heterocycles. The number of methoxy groups -OCH3 is 2. The quantitative estimate of drug-likeness (QED) is 0.494. The topological polar surface area (TPSA) is 70.8 Å². The van der Waals surface area contributed by atoms with Crippen molar-refractivity contribution in [1.29, 1.82) is 0 Å². The summed E-state index contributed by atoms with van der Waals surface area (Å²) in [5.41, 5.74) is 5.62. The van der Waals surface area contributed by atoms with E-state index in [-0.39, 0.29) is 13.0 Å². The zero-order valence-electron chi connectivity index (χ0n) is 9.29. The van der Waals surface area contributed by atoms with Crippen molar-refractivity contribution in [3.63, 3.8) is 0 Å². The molecule has 0 aromatic heterocycles. The second-order valence-corrected chi connectivity index (χ2v) is 2.97. The predicted octanol–water partition coefficient (Wildman–Crippen LogP) is 0.225. The Morgan fingerprint density at radius 1 is 1.47 bits per heavy atom. The highest BCUT2D eigenvalue weighted by Crippen LogP contribution is 2.18. The van der Waals surface area contributed by atoms with E-state index >= 15 is 0 Å². The van der Waals surface area contributed by atoms with Crippen LogP contribution in [0.5, 0.6) is 0 Å². The van der Waals surface area contributed by atoms with E-state index in [9.17, 15) is 9.18 Å². The van der Waals surface area contributed by atoms with Gasteiger partial charge in [-0.15, -0.1) is 0 Å². The van der Waals surface area contributed by atoms with Gasteiger partial charge >= 0.3 is 5.97 Å². The van der Waals surface area contributed by atoms with Gasteiger partial charge in [-0.2, -0.15) is 0 Å². The van der Waals surface area contributed by atoms with Crippen LogP contribution >= 0.6 is 0 Å². The summed E-state index contributed by atoms with van der Waals surface area (Å²) in [7, 11) is 2.54. The number of hydrogen-bond acceptors (Lipinski definition) is 5. The molecule has 0 aromatic rings. The molecule has 1 atom stereocenters. The molecule has 0 rings (SSSR count). The average molecular weight is 223 g/mol. The molecule has 0 saturated heterocycles. The minimum absolute atomic E-state index is 0.153. The number of esters is 1. The van der Waals surface area contributed by atoms with E-state index in [1.54, 1.807) is 6.92 Å². The Morgan fingerprint density at radius 3 is 2.33 bits per heavy atom. The van der Waals surface area contributed by atoms with Gasteiger partial charge in [0.25, 0.3) is 0 Å². The maximum absolute atomic E-state index is 12.7. The minimum Gasteiger partial charge on any atom is -0.466 e. The fourth-order valence-electron chi connectivity index (χ4n) is 1.15. The number of carbonyl (C=O) groups is 1. The van der Waals surface area contributed by atoms with Crippen LogP contribution in [0.1, 0.15) is 13.3 Å². The third-order valence-corrected chi connectivity index (χ3v) is 2.13. The summed E-state index contributed by atoms with van der Waals surface area (Å²) in [6, 6.07) is -0.906. The molecule has 0 saturated carbocycles. The van der Waals surface area contributed by atoms with Crippen LogP contribution < -0.4 is 5.73 Å². The summed E-state index contributed by atoms with van der Waals surface area (Å²) >= 11 is 0. The van der Waals surface area contributed by atoms with Crippen LogP contribution in [0.2, 0.25) is 0 Å². The number of ether oxygens (including phenoxy) is 3. The largest absolute Gasteiger partial charge is 0.466 e. The second-order valence-electron chi connectivity index (χ2n) is 2.97. The van der Waals surface area contributed by atoms with Crippen molar-refractivity contribution in [2.24, 2.45) is 5.73 Å². The molecule has 0 amide bonds. The third kappa shape index (κ3) is 3.73. The zero-order chi connectivity index (χ0) is 11.9. The number of nitrogens with two attached hydrogens (primary N) is 1. The van der Waals surface area contributed by atoms with E-state index in [0.29, 0.717) is 0 Å². The van der Waals surface area contributed by atoms with Crippen molar-refractivity contribution in [3.05, 3.63) is 0 Å². The van der Waals surface area contributed by atoms with Crippen molar-refractivity contribution in [2.75, 3.05) is 27.5 Å². The first-order valence-electron chi connectivity index (χ1n) is 4.63. The number of alkyl halides is 1. The third-order valence-electron chi connectivity index (χ3n) is 2.13. The molecule has 5 nitrogen and oxygen atoms in total. The van der Waals surface area contributed by atoms with Gasteiger partial charge in [0.05, 0.1) is 19.1 Å². The molecule has 0 aliphatic heterocycles. The lowest BCUT2D eigenvalue weighted by molar-refractivity contribution is -0.229. The smallest absolute Gasteiger partial charge is 0.307 e. The zero-order valence-corrected chi connectivity index (χ0v) is 9.29. The summed E-state index contributed by atoms with van der Waals surface area (Å²) in [4.78, 5) is 11.1. The summed E-state index contributed by atoms with van der Waals surface area (Å²) in [5, 5.41) is 0. The number of rotatable bonds is 7. The Balaban J connectivity index is 4.37. The first-order valence-corrected chi connectivity index (χ1v) is 4.63. The van der Waals surface area contributed by atoms with Gasteiger partial charge in [0, 0.05) is 14.2 Å². The second kappa shape index (κ2) is 6.71. The van der Waals surface area contributed by atoms with E-state index in [0.717, 1.165) is 0 Å². The average Bonchev–Trinajstić information content (AvgIpc) is 2.21. The molecule has 6 heteroatoms. The van der Waals surface area contributed by atoms with Crippen LogP contribution in [-0.2, 0) is 19.0 Å². The van der Waals surface area contributed by atoms with Crippen molar-refractivity contribution in [3.8, 4) is 0 Å². The van der Waals surface area contributed by atoms with Crippen molar-refractivity contribution in [1.82, 2.24) is 0 Å². The lowest BCUT2D eigenvalue weighted by atomic mass is 10.1. The first kappa shape index (κ1) is 14.3. The van der Waals surface area contributed by atoms with Gasteiger partial charge in [0.2, 0.25) is 5.79 Å². The monoisotopic (exact) mass is 223 g/mol. The Morgan fingerprint density at radius 2 is 2.00 bits per heavy atom. The molecular formula is C9H18FNO4. The van der Waals surface area contributed by atoms with E-state index in [2.05, 4.69) is 4.74 Å². The molecule has 90 valence electrons. The highest BCUT2D eigenvalue weighted by atomic mass is 19.1. The van der Waals surface area contributed by atoms with Crippen LogP contribution in [-0.4, -0.2) is 45.3 Å².